The average Bonchev–Trinajstić information content (AvgIpc) is 2.18. The van der Waals surface area contributed by atoms with Gasteiger partial charge in [0, 0.05) is 0 Å². The molecule has 88 valence electrons. The summed E-state index contributed by atoms with van der Waals surface area (Å²) < 4.78 is 5.76. The number of hydrogen-bond donors (Lipinski definition) is 0. The van der Waals surface area contributed by atoms with Gasteiger partial charge in [-0.15, -0.1) is 0 Å². The molecule has 0 saturated carbocycles. The third-order valence-electron chi connectivity index (χ3n) is 2.22. The molecule has 0 bridgehead atoms. The first-order valence-electron chi connectivity index (χ1n) is 5.76. The second kappa shape index (κ2) is 5.35. The van der Waals surface area contributed by atoms with E-state index in [9.17, 15) is 0 Å². The Bertz CT molecular complexity index is 357. The van der Waals surface area contributed by atoms with Gasteiger partial charge in [-0.25, -0.2) is 0 Å². The number of rotatable bonds is 4. The lowest BCUT2D eigenvalue weighted by molar-refractivity contribution is 0.472. The van der Waals surface area contributed by atoms with Crippen molar-refractivity contribution in [2.24, 2.45) is 0 Å². The van der Waals surface area contributed by atoms with Gasteiger partial charge in [-0.3, -0.25) is 0 Å². The lowest BCUT2D eigenvalue weighted by atomic mass is 10.1. The first-order chi connectivity index (χ1) is 7.37. The topological polar surface area (TPSA) is 9.23 Å². The van der Waals surface area contributed by atoms with Crippen molar-refractivity contribution in [1.82, 2.24) is 0 Å². The van der Waals surface area contributed by atoms with Gasteiger partial charge in [-0.2, -0.15) is 0 Å². The van der Waals surface area contributed by atoms with Crippen molar-refractivity contribution in [3.63, 3.8) is 0 Å². The van der Waals surface area contributed by atoms with Gasteiger partial charge in [0.15, 0.2) is 0 Å². The Hall–Kier alpha value is -1.02. The van der Waals surface area contributed by atoms with E-state index in [1.54, 1.807) is 0 Å². The molecule has 0 spiro atoms. The molecule has 0 aliphatic heterocycles. The van der Waals surface area contributed by atoms with E-state index in [0.717, 1.165) is 6.42 Å². The van der Waals surface area contributed by atoms with E-state index in [1.165, 1.54) is 16.7 Å². The molecule has 0 radical (unpaired) electrons. The summed E-state index contributed by atoms with van der Waals surface area (Å²) in [7, 11) is -1.42. The molecule has 1 aromatic carbocycles. The van der Waals surface area contributed by atoms with Gasteiger partial charge in [0.25, 0.3) is 0 Å². The zero-order valence-electron chi connectivity index (χ0n) is 11.0. The molecule has 1 aromatic rings. The summed E-state index contributed by atoms with van der Waals surface area (Å²) in [6, 6.07) is 8.67. The van der Waals surface area contributed by atoms with E-state index in [1.807, 2.05) is 6.26 Å². The Balaban J connectivity index is 2.57. The highest BCUT2D eigenvalue weighted by Crippen LogP contribution is 2.11. The lowest BCUT2D eigenvalue weighted by Gasteiger charge is -2.16. The van der Waals surface area contributed by atoms with Crippen molar-refractivity contribution < 1.29 is 4.43 Å². The van der Waals surface area contributed by atoms with Crippen LogP contribution in [0.25, 0.3) is 0 Å². The maximum Gasteiger partial charge on any atom is 0.241 e. The summed E-state index contributed by atoms with van der Waals surface area (Å²) >= 11 is 0. The van der Waals surface area contributed by atoms with Gasteiger partial charge in [0.05, 0.1) is 6.26 Å². The van der Waals surface area contributed by atoms with Crippen LogP contribution in [0.1, 0.15) is 18.1 Å². The smallest absolute Gasteiger partial charge is 0.241 e. The van der Waals surface area contributed by atoms with Gasteiger partial charge < -0.3 is 4.43 Å². The van der Waals surface area contributed by atoms with Crippen LogP contribution < -0.4 is 0 Å². The molecule has 0 N–H and O–H groups in total. The van der Waals surface area contributed by atoms with Gasteiger partial charge in [0.2, 0.25) is 8.32 Å². The molecule has 0 fully saturated rings. The third-order valence-corrected chi connectivity index (χ3v) is 3.04. The summed E-state index contributed by atoms with van der Waals surface area (Å²) in [4.78, 5) is 0. The van der Waals surface area contributed by atoms with Crippen molar-refractivity contribution >= 4 is 8.32 Å². The fourth-order valence-electron chi connectivity index (χ4n) is 1.35. The van der Waals surface area contributed by atoms with Crippen molar-refractivity contribution in [2.45, 2.75) is 39.9 Å². The maximum absolute atomic E-state index is 5.76. The molecule has 16 heavy (non-hydrogen) atoms. The quantitative estimate of drug-likeness (QED) is 0.558. The average molecular weight is 234 g/mol. The van der Waals surface area contributed by atoms with Crippen LogP contribution in [0.15, 0.2) is 36.1 Å². The Morgan fingerprint density at radius 1 is 1.19 bits per heavy atom. The van der Waals surface area contributed by atoms with Crippen LogP contribution in [0.2, 0.25) is 19.6 Å². The summed E-state index contributed by atoms with van der Waals surface area (Å²) in [5, 5.41) is 0. The standard InChI is InChI=1S/C14H22OSi/c1-12-6-8-14(9-7-12)10-13(2)11-15-16(3,4)5/h6-9,11H,10H2,1-5H3. The molecule has 0 atom stereocenters. The van der Waals surface area contributed by atoms with Gasteiger partial charge >= 0.3 is 0 Å². The predicted octanol–water partition coefficient (Wildman–Crippen LogP) is 4.29. The molecule has 0 aromatic heterocycles. The highest BCUT2D eigenvalue weighted by Gasteiger charge is 2.13. The zero-order chi connectivity index (χ0) is 12.2. The molecule has 0 aliphatic carbocycles. The van der Waals surface area contributed by atoms with Gasteiger partial charge in [0.1, 0.15) is 0 Å². The second-order valence-corrected chi connectivity index (χ2v) is 9.82. The Kier molecular flexibility index (Phi) is 4.36. The summed E-state index contributed by atoms with van der Waals surface area (Å²) in [6.45, 7) is 10.8. The van der Waals surface area contributed by atoms with Crippen LogP contribution in [0.3, 0.4) is 0 Å². The number of hydrogen-bond acceptors (Lipinski definition) is 1. The van der Waals surface area contributed by atoms with Gasteiger partial charge in [-0.05, 0) is 51.0 Å². The summed E-state index contributed by atoms with van der Waals surface area (Å²) in [5.74, 6) is 0. The molecule has 1 nitrogen and oxygen atoms in total. The van der Waals surface area contributed by atoms with E-state index in [-0.39, 0.29) is 0 Å². The van der Waals surface area contributed by atoms with Crippen molar-refractivity contribution in [1.29, 1.82) is 0 Å². The number of aryl methyl sites for hydroxylation is 1. The van der Waals surface area contributed by atoms with Crippen LogP contribution in [0, 0.1) is 6.92 Å². The van der Waals surface area contributed by atoms with Crippen molar-refractivity contribution in [3.8, 4) is 0 Å². The number of allylic oxidation sites excluding steroid dienone is 1. The van der Waals surface area contributed by atoms with E-state index in [2.05, 4.69) is 57.8 Å². The largest absolute Gasteiger partial charge is 0.550 e. The summed E-state index contributed by atoms with van der Waals surface area (Å²) in [6.07, 6.45) is 2.91. The normalized spacial score (nSPS) is 12.7. The molecule has 0 unspecified atom stereocenters. The molecule has 0 heterocycles. The Morgan fingerprint density at radius 2 is 1.75 bits per heavy atom. The first-order valence-corrected chi connectivity index (χ1v) is 9.17. The maximum atomic E-state index is 5.76. The molecule has 0 amide bonds. The Labute approximate surface area is 100 Å². The predicted molar refractivity (Wildman–Crippen MR) is 73.1 cm³/mol. The fourth-order valence-corrected chi connectivity index (χ4v) is 1.90. The Morgan fingerprint density at radius 3 is 2.25 bits per heavy atom. The zero-order valence-corrected chi connectivity index (χ0v) is 12.0. The van der Waals surface area contributed by atoms with Crippen molar-refractivity contribution in [2.75, 3.05) is 0 Å². The molecule has 0 aliphatic rings. The third kappa shape index (κ3) is 5.17. The van der Waals surface area contributed by atoms with Gasteiger partial charge in [-0.1, -0.05) is 29.8 Å². The van der Waals surface area contributed by atoms with Crippen LogP contribution in [0.5, 0.6) is 0 Å². The van der Waals surface area contributed by atoms with Crippen molar-refractivity contribution in [3.05, 3.63) is 47.2 Å². The molecule has 1 rings (SSSR count). The van der Waals surface area contributed by atoms with E-state index in [4.69, 9.17) is 4.43 Å². The second-order valence-electron chi connectivity index (χ2n) is 5.36. The number of benzene rings is 1. The molecule has 0 saturated heterocycles. The minimum Gasteiger partial charge on any atom is -0.550 e. The highest BCUT2D eigenvalue weighted by molar-refractivity contribution is 6.69. The van der Waals surface area contributed by atoms with Crippen LogP contribution in [-0.2, 0) is 10.8 Å². The monoisotopic (exact) mass is 234 g/mol. The minimum atomic E-state index is -1.42. The lowest BCUT2D eigenvalue weighted by Crippen LogP contribution is -2.22. The molecule has 2 heteroatoms. The van der Waals surface area contributed by atoms with Crippen LogP contribution in [0.4, 0.5) is 0 Å². The first kappa shape index (κ1) is 13.0. The molecular formula is C14H22OSi. The summed E-state index contributed by atoms with van der Waals surface area (Å²) in [5.41, 5.74) is 3.94. The molecular weight excluding hydrogens is 212 g/mol. The SMILES string of the molecule is CC(=CO[Si](C)(C)C)Cc1ccc(C)cc1. The van der Waals surface area contributed by atoms with Crippen LogP contribution in [-0.4, -0.2) is 8.32 Å². The van der Waals surface area contributed by atoms with Crippen LogP contribution >= 0.6 is 0 Å². The van der Waals surface area contributed by atoms with E-state index in [0.29, 0.717) is 0 Å². The fraction of sp³-hybridized carbons (Fsp3) is 0.429. The van der Waals surface area contributed by atoms with E-state index >= 15 is 0 Å². The highest BCUT2D eigenvalue weighted by atomic mass is 28.4. The van der Waals surface area contributed by atoms with E-state index < -0.39 is 8.32 Å². The minimum absolute atomic E-state index is 0.977.